The molecule has 0 saturated carbocycles. The predicted molar refractivity (Wildman–Crippen MR) is 85.5 cm³/mol. The third kappa shape index (κ3) is 3.45. The number of phenolic OH excluding ortho intramolecular Hbond substituents is 1. The Morgan fingerprint density at radius 1 is 1.22 bits per heavy atom. The van der Waals surface area contributed by atoms with Crippen LogP contribution in [-0.2, 0) is 0 Å². The highest BCUT2D eigenvalue weighted by Crippen LogP contribution is 2.22. The monoisotopic (exact) mass is 311 g/mol. The quantitative estimate of drug-likeness (QED) is 0.796. The number of benzene rings is 1. The van der Waals surface area contributed by atoms with Gasteiger partial charge in [0.05, 0.1) is 0 Å². The summed E-state index contributed by atoms with van der Waals surface area (Å²) in [5.74, 6) is 1.93. The first kappa shape index (κ1) is 15.0. The summed E-state index contributed by atoms with van der Waals surface area (Å²) in [6.07, 6.45) is 4.93. The van der Waals surface area contributed by atoms with Crippen molar-refractivity contribution in [1.82, 2.24) is 25.0 Å². The molecule has 0 aliphatic rings. The largest absolute Gasteiger partial charge is 0.508 e. The number of hydrogen-bond acceptors (Lipinski definition) is 6. The van der Waals surface area contributed by atoms with E-state index in [1.807, 2.05) is 26.8 Å². The molecule has 0 spiro atoms. The van der Waals surface area contributed by atoms with Gasteiger partial charge < -0.3 is 9.52 Å². The van der Waals surface area contributed by atoms with Crippen molar-refractivity contribution in [3.05, 3.63) is 41.9 Å². The molecule has 0 radical (unpaired) electrons. The molecule has 0 fully saturated rings. The van der Waals surface area contributed by atoms with Crippen LogP contribution in [0.15, 0.2) is 28.9 Å². The molecule has 0 amide bonds. The maximum atomic E-state index is 9.66. The first-order chi connectivity index (χ1) is 11.0. The lowest BCUT2D eigenvalue weighted by Crippen LogP contribution is -1.88. The van der Waals surface area contributed by atoms with Gasteiger partial charge in [-0.15, -0.1) is 15.3 Å². The van der Waals surface area contributed by atoms with Crippen molar-refractivity contribution >= 4 is 12.3 Å². The number of aromatic hydroxyl groups is 1. The van der Waals surface area contributed by atoms with Gasteiger partial charge >= 0.3 is 0 Å². The molecule has 118 valence electrons. The van der Waals surface area contributed by atoms with E-state index >= 15 is 0 Å². The predicted octanol–water partition coefficient (Wildman–Crippen LogP) is 3.09. The third-order valence-electron chi connectivity index (χ3n) is 3.15. The molecule has 23 heavy (non-hydrogen) atoms. The molecule has 7 nitrogen and oxygen atoms in total. The molecule has 2 aromatic heterocycles. The van der Waals surface area contributed by atoms with Gasteiger partial charge in [-0.25, -0.2) is 9.67 Å². The van der Waals surface area contributed by atoms with Crippen LogP contribution in [0.25, 0.3) is 23.7 Å². The van der Waals surface area contributed by atoms with E-state index < -0.39 is 0 Å². The molecule has 0 bridgehead atoms. The Bertz CT molecular complexity index is 828. The van der Waals surface area contributed by atoms with Gasteiger partial charge in [0.1, 0.15) is 12.1 Å². The number of aryl methyl sites for hydroxylation is 1. The fraction of sp³-hybridized carbons (Fsp3) is 0.250. The summed E-state index contributed by atoms with van der Waals surface area (Å²) in [5.41, 5.74) is 1.70. The Balaban J connectivity index is 1.80. The zero-order valence-corrected chi connectivity index (χ0v) is 13.1. The summed E-state index contributed by atoms with van der Waals surface area (Å²) in [7, 11) is 0. The van der Waals surface area contributed by atoms with E-state index in [0.29, 0.717) is 17.6 Å². The van der Waals surface area contributed by atoms with E-state index in [1.165, 1.54) is 0 Å². The van der Waals surface area contributed by atoms with Gasteiger partial charge in [-0.2, -0.15) is 0 Å². The maximum Gasteiger partial charge on any atom is 0.242 e. The van der Waals surface area contributed by atoms with Crippen molar-refractivity contribution in [3.8, 4) is 17.1 Å². The molecule has 0 aliphatic carbocycles. The van der Waals surface area contributed by atoms with E-state index in [2.05, 4.69) is 20.3 Å². The molecule has 3 aromatic rings. The van der Waals surface area contributed by atoms with Crippen LogP contribution in [0.3, 0.4) is 0 Å². The maximum absolute atomic E-state index is 9.66. The Labute approximate surface area is 133 Å². The normalized spacial score (nSPS) is 11.7. The van der Waals surface area contributed by atoms with Gasteiger partial charge in [0.2, 0.25) is 11.8 Å². The minimum absolute atomic E-state index is 0.191. The first-order valence-corrected chi connectivity index (χ1v) is 7.25. The smallest absolute Gasteiger partial charge is 0.242 e. The third-order valence-corrected chi connectivity index (χ3v) is 3.15. The van der Waals surface area contributed by atoms with Crippen LogP contribution in [0.4, 0.5) is 0 Å². The average Bonchev–Trinajstić information content (AvgIpc) is 3.13. The fourth-order valence-corrected chi connectivity index (χ4v) is 2.06. The van der Waals surface area contributed by atoms with Crippen molar-refractivity contribution in [1.29, 1.82) is 0 Å². The second-order valence-corrected chi connectivity index (χ2v) is 5.55. The first-order valence-electron chi connectivity index (χ1n) is 7.25. The van der Waals surface area contributed by atoms with Gasteiger partial charge in [0.15, 0.2) is 5.82 Å². The fourth-order valence-electron chi connectivity index (χ4n) is 2.06. The topological polar surface area (TPSA) is 89.9 Å². The highest BCUT2D eigenvalue weighted by molar-refractivity contribution is 5.59. The molecule has 2 heterocycles. The van der Waals surface area contributed by atoms with Crippen molar-refractivity contribution in [2.45, 2.75) is 26.7 Å². The molecule has 1 aromatic carbocycles. The molecule has 3 rings (SSSR count). The molecule has 0 unspecified atom stereocenters. The van der Waals surface area contributed by atoms with Crippen molar-refractivity contribution < 1.29 is 9.52 Å². The number of nitrogens with zero attached hydrogens (tertiary/aromatic N) is 5. The van der Waals surface area contributed by atoms with E-state index in [9.17, 15) is 5.11 Å². The Kier molecular flexibility index (Phi) is 3.92. The van der Waals surface area contributed by atoms with Crippen LogP contribution >= 0.6 is 0 Å². The SMILES string of the molecule is Cc1cc(O)cc(-c2ncn(/C=C\c3nnc(C(C)C)o3)n2)c1. The molecule has 0 atom stereocenters. The van der Waals surface area contributed by atoms with E-state index in [0.717, 1.165) is 11.1 Å². The van der Waals surface area contributed by atoms with Gasteiger partial charge in [-0.1, -0.05) is 13.8 Å². The summed E-state index contributed by atoms with van der Waals surface area (Å²) in [6, 6.07) is 5.22. The van der Waals surface area contributed by atoms with E-state index in [1.54, 1.807) is 35.4 Å². The van der Waals surface area contributed by atoms with Gasteiger partial charge in [-0.05, 0) is 30.7 Å². The standard InChI is InChI=1S/C16H17N5O2/c1-10(2)16-19-18-14(23-16)4-5-21-9-17-15(20-21)12-6-11(3)7-13(22)8-12/h4-10,22H,1-3H3/b5-4-. The molecule has 1 N–H and O–H groups in total. The summed E-state index contributed by atoms with van der Waals surface area (Å²) < 4.78 is 7.04. The zero-order valence-electron chi connectivity index (χ0n) is 13.1. The van der Waals surface area contributed by atoms with Crippen LogP contribution in [0.2, 0.25) is 0 Å². The van der Waals surface area contributed by atoms with E-state index in [-0.39, 0.29) is 11.7 Å². The molecule has 7 heteroatoms. The Morgan fingerprint density at radius 3 is 2.74 bits per heavy atom. The minimum Gasteiger partial charge on any atom is -0.508 e. The molecule has 0 aliphatic heterocycles. The second-order valence-electron chi connectivity index (χ2n) is 5.55. The van der Waals surface area contributed by atoms with Crippen molar-refractivity contribution in [2.24, 2.45) is 0 Å². The molecular weight excluding hydrogens is 294 g/mol. The number of hydrogen-bond donors (Lipinski definition) is 1. The summed E-state index contributed by atoms with van der Waals surface area (Å²) in [6.45, 7) is 5.88. The Hall–Kier alpha value is -2.96. The lowest BCUT2D eigenvalue weighted by Gasteiger charge is -1.99. The lowest BCUT2D eigenvalue weighted by molar-refractivity contribution is 0.463. The number of aromatic nitrogens is 5. The molecule has 0 saturated heterocycles. The van der Waals surface area contributed by atoms with Crippen molar-refractivity contribution in [2.75, 3.05) is 0 Å². The summed E-state index contributed by atoms with van der Waals surface area (Å²) >= 11 is 0. The van der Waals surface area contributed by atoms with Gasteiger partial charge in [0.25, 0.3) is 0 Å². The summed E-state index contributed by atoms with van der Waals surface area (Å²) in [5, 5.41) is 21.9. The number of rotatable bonds is 4. The summed E-state index contributed by atoms with van der Waals surface area (Å²) in [4.78, 5) is 4.24. The highest BCUT2D eigenvalue weighted by atomic mass is 16.4. The van der Waals surface area contributed by atoms with Crippen LogP contribution in [0, 0.1) is 6.92 Å². The highest BCUT2D eigenvalue weighted by Gasteiger charge is 2.08. The van der Waals surface area contributed by atoms with Gasteiger partial charge in [0, 0.05) is 23.8 Å². The van der Waals surface area contributed by atoms with Crippen LogP contribution < -0.4 is 0 Å². The van der Waals surface area contributed by atoms with Crippen molar-refractivity contribution in [3.63, 3.8) is 0 Å². The van der Waals surface area contributed by atoms with Crippen LogP contribution in [0.5, 0.6) is 5.75 Å². The average molecular weight is 311 g/mol. The van der Waals surface area contributed by atoms with E-state index in [4.69, 9.17) is 4.42 Å². The zero-order chi connectivity index (χ0) is 16.4. The Morgan fingerprint density at radius 2 is 2.04 bits per heavy atom. The lowest BCUT2D eigenvalue weighted by atomic mass is 10.1. The second kappa shape index (κ2) is 6.04. The van der Waals surface area contributed by atoms with Gasteiger partial charge in [-0.3, -0.25) is 0 Å². The van der Waals surface area contributed by atoms with Crippen LogP contribution in [-0.4, -0.2) is 30.1 Å². The molecular formula is C16H17N5O2. The number of phenols is 1. The minimum atomic E-state index is 0.191. The van der Waals surface area contributed by atoms with Crippen LogP contribution in [0.1, 0.15) is 37.1 Å².